The quantitative estimate of drug-likeness (QED) is 0.723. The van der Waals surface area contributed by atoms with Crippen LogP contribution < -0.4 is 0 Å². The zero-order valence-corrected chi connectivity index (χ0v) is 10.2. The number of imidazole rings is 1. The fraction of sp³-hybridized carbons (Fsp3) is 0.0769. The number of Topliss-reactive ketones (excluding diaryl/α,β-unsaturated/α-hetero) is 1. The second-order valence-corrected chi connectivity index (χ2v) is 4.06. The van der Waals surface area contributed by atoms with Crippen molar-refractivity contribution in [2.75, 3.05) is 0 Å². The van der Waals surface area contributed by atoms with Gasteiger partial charge in [0, 0.05) is 12.5 Å². The van der Waals surface area contributed by atoms with Gasteiger partial charge in [-0.05, 0) is 0 Å². The van der Waals surface area contributed by atoms with Crippen LogP contribution in [0.2, 0.25) is 0 Å². The molecule has 3 rings (SSSR count). The number of benzene rings is 1. The Morgan fingerprint density at radius 1 is 1.26 bits per heavy atom. The van der Waals surface area contributed by atoms with Crippen molar-refractivity contribution < 1.29 is 4.79 Å². The van der Waals surface area contributed by atoms with E-state index in [9.17, 15) is 4.79 Å². The lowest BCUT2D eigenvalue weighted by Gasteiger charge is -2.04. The molecule has 0 fully saturated rings. The lowest BCUT2D eigenvalue weighted by molar-refractivity contribution is 0.101. The predicted octanol–water partition coefficient (Wildman–Crippen LogP) is 1.86. The highest BCUT2D eigenvalue weighted by atomic mass is 16.1. The molecule has 2 aromatic heterocycles. The van der Waals surface area contributed by atoms with Crippen LogP contribution in [0.25, 0.3) is 17.1 Å². The first-order valence-electron chi connectivity index (χ1n) is 5.78. The van der Waals surface area contributed by atoms with Crippen molar-refractivity contribution in [3.63, 3.8) is 0 Å². The summed E-state index contributed by atoms with van der Waals surface area (Å²) in [5, 5.41) is 7.99. The molecule has 1 N–H and O–H groups in total. The minimum absolute atomic E-state index is 0.121. The van der Waals surface area contributed by atoms with E-state index >= 15 is 0 Å². The monoisotopic (exact) mass is 253 g/mol. The van der Waals surface area contributed by atoms with Gasteiger partial charge in [0.05, 0.1) is 12.5 Å². The lowest BCUT2D eigenvalue weighted by atomic mass is 10.1. The molecule has 6 nitrogen and oxygen atoms in total. The zero-order valence-electron chi connectivity index (χ0n) is 10.2. The van der Waals surface area contributed by atoms with Crippen LogP contribution in [0.5, 0.6) is 0 Å². The Morgan fingerprint density at radius 3 is 2.68 bits per heavy atom. The van der Waals surface area contributed by atoms with E-state index in [-0.39, 0.29) is 5.78 Å². The fourth-order valence-electron chi connectivity index (χ4n) is 1.91. The smallest absolute Gasteiger partial charge is 0.182 e. The van der Waals surface area contributed by atoms with Crippen molar-refractivity contribution in [1.82, 2.24) is 25.0 Å². The largest absolute Gasteiger partial charge is 0.330 e. The maximum absolute atomic E-state index is 11.7. The summed E-state index contributed by atoms with van der Waals surface area (Å²) in [4.78, 5) is 18.6. The Hall–Kier alpha value is -2.76. The third-order valence-electron chi connectivity index (χ3n) is 2.76. The summed E-state index contributed by atoms with van der Waals surface area (Å²) >= 11 is 0. The van der Waals surface area contributed by atoms with Gasteiger partial charge in [-0.3, -0.25) is 4.79 Å². The predicted molar refractivity (Wildman–Crippen MR) is 68.9 cm³/mol. The standard InChI is InChI=1S/C13H11N5O/c1-9(19)12-13(10-5-3-2-4-6-10)18(17-16-12)11-7-14-8-15-11/h2-8H,1H3,(H,14,15). The molecule has 94 valence electrons. The molecule has 0 amide bonds. The Morgan fingerprint density at radius 2 is 2.05 bits per heavy atom. The average molecular weight is 253 g/mol. The molecule has 0 saturated heterocycles. The first kappa shape index (κ1) is 11.3. The second kappa shape index (κ2) is 4.49. The maximum atomic E-state index is 11.7. The molecule has 0 unspecified atom stereocenters. The van der Waals surface area contributed by atoms with Gasteiger partial charge in [0.2, 0.25) is 0 Å². The van der Waals surface area contributed by atoms with Crippen LogP contribution in [-0.2, 0) is 0 Å². The number of rotatable bonds is 3. The van der Waals surface area contributed by atoms with E-state index in [1.165, 1.54) is 6.92 Å². The number of hydrogen-bond donors (Lipinski definition) is 1. The van der Waals surface area contributed by atoms with E-state index in [0.29, 0.717) is 17.2 Å². The van der Waals surface area contributed by atoms with Gasteiger partial charge in [0.25, 0.3) is 0 Å². The summed E-state index contributed by atoms with van der Waals surface area (Å²) in [5.41, 5.74) is 1.89. The zero-order chi connectivity index (χ0) is 13.2. The molecule has 0 spiro atoms. The van der Waals surface area contributed by atoms with Crippen molar-refractivity contribution >= 4 is 5.78 Å². The SMILES string of the molecule is CC(=O)c1nnn(-c2cnc[nH]2)c1-c1ccccc1. The molecule has 1 aromatic carbocycles. The summed E-state index contributed by atoms with van der Waals surface area (Å²) in [6, 6.07) is 9.56. The highest BCUT2D eigenvalue weighted by Gasteiger charge is 2.19. The first-order chi connectivity index (χ1) is 9.27. The minimum Gasteiger partial charge on any atom is -0.330 e. The number of hydrogen-bond acceptors (Lipinski definition) is 4. The van der Waals surface area contributed by atoms with Crippen LogP contribution in [0.1, 0.15) is 17.4 Å². The molecule has 0 bridgehead atoms. The van der Waals surface area contributed by atoms with Crippen LogP contribution in [-0.4, -0.2) is 30.7 Å². The van der Waals surface area contributed by atoms with E-state index in [1.54, 1.807) is 17.2 Å². The second-order valence-electron chi connectivity index (χ2n) is 4.06. The third kappa shape index (κ3) is 1.93. The molecule has 0 atom stereocenters. The molecule has 0 aliphatic heterocycles. The number of carbonyl (C=O) groups excluding carboxylic acids is 1. The van der Waals surface area contributed by atoms with Gasteiger partial charge in [-0.15, -0.1) is 5.10 Å². The first-order valence-corrected chi connectivity index (χ1v) is 5.78. The van der Waals surface area contributed by atoms with E-state index in [4.69, 9.17) is 0 Å². The van der Waals surface area contributed by atoms with Gasteiger partial charge in [-0.2, -0.15) is 4.68 Å². The highest BCUT2D eigenvalue weighted by molar-refractivity contribution is 5.98. The third-order valence-corrected chi connectivity index (χ3v) is 2.76. The van der Waals surface area contributed by atoms with Gasteiger partial charge in [0.1, 0.15) is 5.69 Å². The summed E-state index contributed by atoms with van der Waals surface area (Å²) in [7, 11) is 0. The summed E-state index contributed by atoms with van der Waals surface area (Å²) in [6.07, 6.45) is 3.18. The van der Waals surface area contributed by atoms with Crippen LogP contribution in [0.4, 0.5) is 0 Å². The number of H-pyrrole nitrogens is 1. The van der Waals surface area contributed by atoms with Crippen molar-refractivity contribution in [3.8, 4) is 17.1 Å². The van der Waals surface area contributed by atoms with E-state index in [2.05, 4.69) is 20.3 Å². The topological polar surface area (TPSA) is 76.5 Å². The van der Waals surface area contributed by atoms with E-state index in [0.717, 1.165) is 5.56 Å². The van der Waals surface area contributed by atoms with Gasteiger partial charge >= 0.3 is 0 Å². The van der Waals surface area contributed by atoms with Crippen LogP contribution >= 0.6 is 0 Å². The molecular formula is C13H11N5O. The molecular weight excluding hydrogens is 242 g/mol. The molecule has 0 saturated carbocycles. The maximum Gasteiger partial charge on any atom is 0.182 e. The fourth-order valence-corrected chi connectivity index (χ4v) is 1.91. The van der Waals surface area contributed by atoms with E-state index in [1.807, 2.05) is 30.3 Å². The molecule has 6 heteroatoms. The summed E-state index contributed by atoms with van der Waals surface area (Å²) in [6.45, 7) is 1.48. The summed E-state index contributed by atoms with van der Waals surface area (Å²) in [5.74, 6) is 0.545. The van der Waals surface area contributed by atoms with Gasteiger partial charge < -0.3 is 4.98 Å². The molecule has 19 heavy (non-hydrogen) atoms. The van der Waals surface area contributed by atoms with Gasteiger partial charge in [-0.1, -0.05) is 35.5 Å². The Bertz CT molecular complexity index is 700. The van der Waals surface area contributed by atoms with E-state index < -0.39 is 0 Å². The van der Waals surface area contributed by atoms with Gasteiger partial charge in [-0.25, -0.2) is 4.98 Å². The number of nitrogens with one attached hydrogen (secondary N) is 1. The van der Waals surface area contributed by atoms with Crippen LogP contribution in [0.3, 0.4) is 0 Å². The number of aromatic nitrogens is 5. The van der Waals surface area contributed by atoms with Crippen molar-refractivity contribution in [1.29, 1.82) is 0 Å². The molecule has 0 aliphatic carbocycles. The number of ketones is 1. The van der Waals surface area contributed by atoms with Crippen molar-refractivity contribution in [2.45, 2.75) is 6.92 Å². The van der Waals surface area contributed by atoms with Gasteiger partial charge in [0.15, 0.2) is 17.3 Å². The molecule has 0 aliphatic rings. The normalized spacial score (nSPS) is 10.6. The van der Waals surface area contributed by atoms with Crippen molar-refractivity contribution in [3.05, 3.63) is 48.5 Å². The molecule has 3 aromatic rings. The minimum atomic E-state index is -0.121. The van der Waals surface area contributed by atoms with Crippen molar-refractivity contribution in [2.24, 2.45) is 0 Å². The number of aromatic amines is 1. The summed E-state index contributed by atoms with van der Waals surface area (Å²) < 4.78 is 1.58. The Labute approximate surface area is 109 Å². The molecule has 2 heterocycles. The average Bonchev–Trinajstić information content (AvgIpc) is 3.08. The number of carbonyl (C=O) groups is 1. The Balaban J connectivity index is 2.25. The van der Waals surface area contributed by atoms with Crippen LogP contribution in [0.15, 0.2) is 42.9 Å². The molecule has 0 radical (unpaired) electrons. The highest BCUT2D eigenvalue weighted by Crippen LogP contribution is 2.24. The van der Waals surface area contributed by atoms with Crippen LogP contribution in [0, 0.1) is 0 Å². The Kier molecular flexibility index (Phi) is 2.68. The number of nitrogens with zero attached hydrogens (tertiary/aromatic N) is 4. The lowest BCUT2D eigenvalue weighted by Crippen LogP contribution is -2.01.